The van der Waals surface area contributed by atoms with Crippen LogP contribution in [0.4, 0.5) is 22.7 Å². The van der Waals surface area contributed by atoms with Crippen LogP contribution in [0.1, 0.15) is 34.6 Å². The third-order valence-corrected chi connectivity index (χ3v) is 6.96. The van der Waals surface area contributed by atoms with Gasteiger partial charge in [-0.15, -0.1) is 0 Å². The van der Waals surface area contributed by atoms with E-state index in [0.717, 1.165) is 12.1 Å². The molecule has 0 unspecified atom stereocenters. The highest BCUT2D eigenvalue weighted by Gasteiger charge is 2.29. The molecular formula is C29H35N5O11. The van der Waals surface area contributed by atoms with Gasteiger partial charge in [0.2, 0.25) is 0 Å². The lowest BCUT2D eigenvalue weighted by molar-refractivity contribution is -0.384. The summed E-state index contributed by atoms with van der Waals surface area (Å²) in [7, 11) is 0. The molecule has 1 fully saturated rings. The molecule has 0 radical (unpaired) electrons. The Hall–Kier alpha value is -4.96. The van der Waals surface area contributed by atoms with E-state index in [9.17, 15) is 29.8 Å². The molecule has 0 atom stereocenters. The average molecular weight is 630 g/mol. The fourth-order valence-electron chi connectivity index (χ4n) is 4.80. The number of nitro groups is 2. The molecule has 4 rings (SSSR count). The van der Waals surface area contributed by atoms with Gasteiger partial charge < -0.3 is 34.3 Å². The Labute approximate surface area is 258 Å². The maximum absolute atomic E-state index is 12.6. The number of carbonyl (C=O) groups is 2. The fraction of sp³-hybridized carbons (Fsp3) is 0.448. The minimum absolute atomic E-state index is 0.0453. The molecule has 2 aromatic rings. The van der Waals surface area contributed by atoms with Gasteiger partial charge >= 0.3 is 11.9 Å². The summed E-state index contributed by atoms with van der Waals surface area (Å²) in [5.74, 6) is -1.35. The summed E-state index contributed by atoms with van der Waals surface area (Å²) in [6.07, 6.45) is 3.32. The minimum atomic E-state index is -0.738. The third kappa shape index (κ3) is 8.36. The van der Waals surface area contributed by atoms with Crippen LogP contribution in [0.25, 0.3) is 0 Å². The molecule has 16 nitrogen and oxygen atoms in total. The third-order valence-electron chi connectivity index (χ3n) is 6.96. The van der Waals surface area contributed by atoms with Gasteiger partial charge in [-0.1, -0.05) is 12.2 Å². The first kappa shape index (κ1) is 32.9. The number of nitrogens with zero attached hydrogens (tertiary/aromatic N) is 3. The molecule has 2 aromatic carbocycles. The van der Waals surface area contributed by atoms with Gasteiger partial charge in [-0.25, -0.2) is 9.59 Å². The largest absolute Gasteiger partial charge is 0.489 e. The van der Waals surface area contributed by atoms with Crippen molar-refractivity contribution < 1.29 is 43.1 Å². The van der Waals surface area contributed by atoms with Crippen LogP contribution < -0.4 is 20.1 Å². The number of anilines is 2. The Balaban J connectivity index is 1.77. The van der Waals surface area contributed by atoms with Gasteiger partial charge in [-0.05, 0) is 26.0 Å². The van der Waals surface area contributed by atoms with Gasteiger partial charge in [0, 0.05) is 38.3 Å². The first-order valence-corrected chi connectivity index (χ1v) is 14.4. The lowest BCUT2D eigenvalue weighted by Gasteiger charge is -2.34. The fourth-order valence-corrected chi connectivity index (χ4v) is 4.80. The zero-order valence-electron chi connectivity index (χ0n) is 24.9. The number of esters is 2. The van der Waals surface area contributed by atoms with E-state index in [1.807, 2.05) is 4.90 Å². The van der Waals surface area contributed by atoms with Crippen LogP contribution >= 0.6 is 0 Å². The summed E-state index contributed by atoms with van der Waals surface area (Å²) in [6.45, 7) is 5.48. The normalized spacial score (nSPS) is 16.8. The highest BCUT2D eigenvalue weighted by molar-refractivity contribution is 5.93. The maximum Gasteiger partial charge on any atom is 0.338 e. The van der Waals surface area contributed by atoms with Crippen molar-refractivity contribution >= 4 is 34.7 Å². The molecule has 0 aliphatic carbocycles. The number of fused-ring (bicyclic) bond motifs is 2. The Bertz CT molecular complexity index is 1340. The molecule has 16 heteroatoms. The summed E-state index contributed by atoms with van der Waals surface area (Å²) in [6, 6.07) is 4.56. The summed E-state index contributed by atoms with van der Waals surface area (Å²) in [5, 5.41) is 30.1. The summed E-state index contributed by atoms with van der Waals surface area (Å²) < 4.78 is 28.0. The second-order valence-corrected chi connectivity index (χ2v) is 9.85. The van der Waals surface area contributed by atoms with Crippen LogP contribution in [0.5, 0.6) is 11.5 Å². The summed E-state index contributed by atoms with van der Waals surface area (Å²) in [5.41, 5.74) is -0.706. The molecule has 2 aliphatic heterocycles. The summed E-state index contributed by atoms with van der Waals surface area (Å²) >= 11 is 0. The van der Waals surface area contributed by atoms with Crippen LogP contribution in [0.15, 0.2) is 36.4 Å². The molecule has 242 valence electrons. The van der Waals surface area contributed by atoms with Gasteiger partial charge in [0.05, 0.1) is 53.4 Å². The van der Waals surface area contributed by atoms with Crippen molar-refractivity contribution in [2.75, 3.05) is 76.5 Å². The molecule has 45 heavy (non-hydrogen) atoms. The highest BCUT2D eigenvalue weighted by Crippen LogP contribution is 2.38. The molecule has 0 aromatic heterocycles. The van der Waals surface area contributed by atoms with E-state index in [0.29, 0.717) is 26.3 Å². The molecule has 2 N–H and O–H groups in total. The molecule has 2 heterocycles. The smallest absolute Gasteiger partial charge is 0.338 e. The minimum Gasteiger partial charge on any atom is -0.489 e. The predicted octanol–water partition coefficient (Wildman–Crippen LogP) is 3.41. The van der Waals surface area contributed by atoms with E-state index in [1.54, 1.807) is 26.0 Å². The van der Waals surface area contributed by atoms with E-state index in [1.165, 1.54) is 12.1 Å². The zero-order chi connectivity index (χ0) is 32.3. The molecule has 1 saturated heterocycles. The van der Waals surface area contributed by atoms with Gasteiger partial charge in [-0.3, -0.25) is 25.1 Å². The lowest BCUT2D eigenvalue weighted by atomic mass is 10.1. The number of hydrogen-bond donors (Lipinski definition) is 2. The van der Waals surface area contributed by atoms with E-state index in [2.05, 4.69) is 10.6 Å². The maximum atomic E-state index is 12.6. The van der Waals surface area contributed by atoms with Gasteiger partial charge in [0.15, 0.2) is 11.4 Å². The van der Waals surface area contributed by atoms with Crippen molar-refractivity contribution in [1.29, 1.82) is 0 Å². The molecule has 0 saturated carbocycles. The Morgan fingerprint density at radius 2 is 1.27 bits per heavy atom. The lowest BCUT2D eigenvalue weighted by Crippen LogP contribution is -2.49. The van der Waals surface area contributed by atoms with E-state index >= 15 is 0 Å². The van der Waals surface area contributed by atoms with Crippen molar-refractivity contribution in [1.82, 2.24) is 4.90 Å². The van der Waals surface area contributed by atoms with E-state index in [4.69, 9.17) is 23.7 Å². The first-order chi connectivity index (χ1) is 21.7. The number of hydrogen-bond acceptors (Lipinski definition) is 14. The number of morpholine rings is 1. The Morgan fingerprint density at radius 1 is 0.822 bits per heavy atom. The monoisotopic (exact) mass is 629 g/mol. The van der Waals surface area contributed by atoms with Gasteiger partial charge in [-0.2, -0.15) is 0 Å². The highest BCUT2D eigenvalue weighted by atomic mass is 16.6. The van der Waals surface area contributed by atoms with Crippen molar-refractivity contribution in [2.45, 2.75) is 19.9 Å². The number of rotatable bonds is 7. The quantitative estimate of drug-likeness (QED) is 0.196. The van der Waals surface area contributed by atoms with Crippen molar-refractivity contribution in [3.63, 3.8) is 0 Å². The average Bonchev–Trinajstić information content (AvgIpc) is 3.03. The van der Waals surface area contributed by atoms with Crippen molar-refractivity contribution in [2.24, 2.45) is 0 Å². The number of nitro benzene ring substituents is 2. The second-order valence-electron chi connectivity index (χ2n) is 9.85. The zero-order valence-corrected chi connectivity index (χ0v) is 24.9. The SMILES string of the molecule is CCOC(=O)c1cc2c(c([N+](=O)[O-])c1)NC/C=C/CNc1c(cc(C(=O)OCC)cc1[N+](=O)[O-])OCC(N1CCOCC1)CO2. The van der Waals surface area contributed by atoms with Gasteiger partial charge in [0.1, 0.15) is 24.7 Å². The van der Waals surface area contributed by atoms with Crippen LogP contribution in [0.2, 0.25) is 0 Å². The first-order valence-electron chi connectivity index (χ1n) is 14.4. The predicted molar refractivity (Wildman–Crippen MR) is 161 cm³/mol. The van der Waals surface area contributed by atoms with E-state index in [-0.39, 0.29) is 84.9 Å². The molecule has 2 aliphatic rings. The number of carbonyl (C=O) groups excluding carboxylic acids is 2. The number of nitrogens with one attached hydrogen (secondary N) is 2. The summed E-state index contributed by atoms with van der Waals surface area (Å²) in [4.78, 5) is 50.1. The molecule has 0 amide bonds. The van der Waals surface area contributed by atoms with Gasteiger partial charge in [0.25, 0.3) is 11.4 Å². The molecule has 0 bridgehead atoms. The van der Waals surface area contributed by atoms with E-state index < -0.39 is 27.8 Å². The van der Waals surface area contributed by atoms with Crippen LogP contribution in [0.3, 0.4) is 0 Å². The second kappa shape index (κ2) is 15.7. The topological polar surface area (TPSA) is 194 Å². The van der Waals surface area contributed by atoms with Crippen molar-refractivity contribution in [3.05, 3.63) is 67.8 Å². The standard InChI is InChI=1S/C29H35N5O11/c1-3-42-28(35)19-13-22(33(37)38)26-24(15-19)44-17-21(32-9-11-41-12-10-32)18-45-25-16-20(29(36)43-4-2)14-23(34(39)40)27(25)31-8-6-5-7-30-26/h5-6,13-16,21,30-31H,3-4,7-12,17-18H2,1-2H3/b6-5+. The number of benzene rings is 2. The Kier molecular flexibility index (Phi) is 11.5. The van der Waals surface area contributed by atoms with Crippen LogP contribution in [-0.4, -0.2) is 98.5 Å². The van der Waals surface area contributed by atoms with Crippen LogP contribution in [0, 0.1) is 20.2 Å². The number of ether oxygens (including phenoxy) is 5. The Morgan fingerprint density at radius 3 is 1.67 bits per heavy atom. The molecular weight excluding hydrogens is 594 g/mol. The van der Waals surface area contributed by atoms with Crippen molar-refractivity contribution in [3.8, 4) is 11.5 Å². The molecule has 0 spiro atoms. The van der Waals surface area contributed by atoms with Crippen LogP contribution in [-0.2, 0) is 14.2 Å².